The van der Waals surface area contributed by atoms with Crippen molar-refractivity contribution in [1.82, 2.24) is 10.2 Å². The molecule has 2 aromatic carbocycles. The fraction of sp³-hybridized carbons (Fsp3) is 0.125. The summed E-state index contributed by atoms with van der Waals surface area (Å²) in [7, 11) is 1.65. The van der Waals surface area contributed by atoms with E-state index in [1.165, 1.54) is 0 Å². The second-order valence-corrected chi connectivity index (χ2v) is 4.71. The molecule has 0 unspecified atom stereocenters. The van der Waals surface area contributed by atoms with Crippen molar-refractivity contribution in [2.75, 3.05) is 18.2 Å². The summed E-state index contributed by atoms with van der Waals surface area (Å²) in [5.74, 6) is 1.54. The second-order valence-electron chi connectivity index (χ2n) is 4.71. The highest BCUT2D eigenvalue weighted by atomic mass is 16.5. The summed E-state index contributed by atoms with van der Waals surface area (Å²) in [6, 6.07) is 13.6. The number of nitrogens with one attached hydrogen (secondary N) is 1. The molecule has 0 atom stereocenters. The van der Waals surface area contributed by atoms with Gasteiger partial charge in [-0.15, -0.1) is 5.10 Å². The van der Waals surface area contributed by atoms with Gasteiger partial charge in [0.2, 0.25) is 0 Å². The first-order valence-electron chi connectivity index (χ1n) is 6.64. The first kappa shape index (κ1) is 13.2. The number of anilines is 2. The lowest BCUT2D eigenvalue weighted by molar-refractivity contribution is 0.410. The summed E-state index contributed by atoms with van der Waals surface area (Å²) in [6.45, 7) is 0.566. The van der Waals surface area contributed by atoms with Crippen molar-refractivity contribution < 1.29 is 4.74 Å². The Bertz CT molecular complexity index is 768. The van der Waals surface area contributed by atoms with Crippen LogP contribution in [-0.4, -0.2) is 17.3 Å². The van der Waals surface area contributed by atoms with Gasteiger partial charge in [0, 0.05) is 28.6 Å². The lowest BCUT2D eigenvalue weighted by Crippen LogP contribution is -2.05. The monoisotopic (exact) mass is 280 g/mol. The molecule has 0 amide bonds. The molecule has 106 valence electrons. The molecule has 1 heterocycles. The highest BCUT2D eigenvalue weighted by molar-refractivity contribution is 5.90. The Morgan fingerprint density at radius 1 is 1.19 bits per heavy atom. The fourth-order valence-electron chi connectivity index (χ4n) is 2.27. The molecule has 0 radical (unpaired) electrons. The maximum Gasteiger partial charge on any atom is 0.156 e. The van der Waals surface area contributed by atoms with E-state index in [2.05, 4.69) is 15.5 Å². The lowest BCUT2D eigenvalue weighted by atomic mass is 10.1. The number of hydrogen-bond donors (Lipinski definition) is 2. The smallest absolute Gasteiger partial charge is 0.156 e. The molecule has 1 aromatic heterocycles. The van der Waals surface area contributed by atoms with Crippen LogP contribution in [0.3, 0.4) is 0 Å². The maximum absolute atomic E-state index is 5.83. The molecule has 3 aromatic rings. The predicted octanol–water partition coefficient (Wildman–Crippen LogP) is 2.83. The third-order valence-electron chi connectivity index (χ3n) is 3.32. The topological polar surface area (TPSA) is 73.1 Å². The Morgan fingerprint density at radius 3 is 2.90 bits per heavy atom. The molecule has 5 heteroatoms. The number of methoxy groups -OCH3 is 1. The number of ether oxygens (including phenoxy) is 1. The average molecular weight is 280 g/mol. The van der Waals surface area contributed by atoms with E-state index in [-0.39, 0.29) is 0 Å². The van der Waals surface area contributed by atoms with E-state index in [1.54, 1.807) is 13.3 Å². The van der Waals surface area contributed by atoms with Crippen LogP contribution in [0.25, 0.3) is 10.8 Å². The molecule has 3 rings (SSSR count). The van der Waals surface area contributed by atoms with Crippen molar-refractivity contribution in [2.24, 2.45) is 0 Å². The van der Waals surface area contributed by atoms with E-state index in [0.717, 1.165) is 27.9 Å². The molecule has 0 aliphatic rings. The van der Waals surface area contributed by atoms with Crippen LogP contribution >= 0.6 is 0 Å². The highest BCUT2D eigenvalue weighted by Crippen LogP contribution is 2.24. The lowest BCUT2D eigenvalue weighted by Gasteiger charge is -2.11. The largest absolute Gasteiger partial charge is 0.496 e. The first-order chi connectivity index (χ1) is 10.3. The van der Waals surface area contributed by atoms with E-state index >= 15 is 0 Å². The van der Waals surface area contributed by atoms with E-state index in [4.69, 9.17) is 10.5 Å². The maximum atomic E-state index is 5.83. The fourth-order valence-corrected chi connectivity index (χ4v) is 2.27. The van der Waals surface area contributed by atoms with Gasteiger partial charge < -0.3 is 15.8 Å². The van der Waals surface area contributed by atoms with Crippen molar-refractivity contribution in [3.8, 4) is 5.75 Å². The van der Waals surface area contributed by atoms with Crippen LogP contribution in [0.4, 0.5) is 11.5 Å². The molecule has 0 aliphatic heterocycles. The number of nitrogens with two attached hydrogens (primary N) is 1. The highest BCUT2D eigenvalue weighted by Gasteiger charge is 2.06. The summed E-state index contributed by atoms with van der Waals surface area (Å²) in [5, 5.41) is 13.6. The number of nitrogens with zero attached hydrogens (tertiary/aromatic N) is 2. The van der Waals surface area contributed by atoms with Crippen molar-refractivity contribution in [3.63, 3.8) is 0 Å². The Balaban J connectivity index is 1.89. The molecular weight excluding hydrogens is 264 g/mol. The van der Waals surface area contributed by atoms with Crippen LogP contribution in [0.1, 0.15) is 5.56 Å². The van der Waals surface area contributed by atoms with Crippen LogP contribution in [0.5, 0.6) is 5.75 Å². The molecule has 0 saturated heterocycles. The van der Waals surface area contributed by atoms with Gasteiger partial charge in [-0.3, -0.25) is 0 Å². The normalized spacial score (nSPS) is 10.5. The molecule has 0 spiro atoms. The Hall–Kier alpha value is -2.82. The van der Waals surface area contributed by atoms with Gasteiger partial charge in [-0.2, -0.15) is 5.10 Å². The van der Waals surface area contributed by atoms with Gasteiger partial charge in [0.25, 0.3) is 0 Å². The first-order valence-corrected chi connectivity index (χ1v) is 6.64. The van der Waals surface area contributed by atoms with Crippen molar-refractivity contribution in [2.45, 2.75) is 6.54 Å². The van der Waals surface area contributed by atoms with Crippen LogP contribution in [0.15, 0.2) is 48.7 Å². The second kappa shape index (κ2) is 5.66. The number of aromatic nitrogens is 2. The SMILES string of the molecule is COc1ccc(N)cc1CNc1nncc2ccccc12. The number of nitrogen functional groups attached to an aromatic ring is 1. The average Bonchev–Trinajstić information content (AvgIpc) is 2.53. The van der Waals surface area contributed by atoms with Crippen LogP contribution in [-0.2, 0) is 6.54 Å². The summed E-state index contributed by atoms with van der Waals surface area (Å²) in [6.07, 6.45) is 1.75. The van der Waals surface area contributed by atoms with Crippen molar-refractivity contribution >= 4 is 22.3 Å². The Kier molecular flexibility index (Phi) is 3.55. The standard InChI is InChI=1S/C16H16N4O/c1-21-15-7-6-13(17)8-12(15)9-18-16-14-5-3-2-4-11(14)10-19-20-16/h2-8,10H,9,17H2,1H3,(H,18,20). The van der Waals surface area contributed by atoms with Crippen LogP contribution in [0, 0.1) is 0 Å². The van der Waals surface area contributed by atoms with Crippen LogP contribution in [0.2, 0.25) is 0 Å². The Labute approximate surface area is 122 Å². The molecule has 0 aliphatic carbocycles. The number of fused-ring (bicyclic) bond motifs is 1. The molecule has 0 bridgehead atoms. The third kappa shape index (κ3) is 2.72. The third-order valence-corrected chi connectivity index (χ3v) is 3.32. The van der Waals surface area contributed by atoms with Gasteiger partial charge in [-0.25, -0.2) is 0 Å². The number of rotatable bonds is 4. The van der Waals surface area contributed by atoms with Crippen molar-refractivity contribution in [1.29, 1.82) is 0 Å². The van der Waals surface area contributed by atoms with Crippen LogP contribution < -0.4 is 15.8 Å². The quantitative estimate of drug-likeness (QED) is 0.719. The summed E-state index contributed by atoms with van der Waals surface area (Å²) in [5.41, 5.74) is 7.51. The molecular formula is C16H16N4O. The number of benzene rings is 2. The summed E-state index contributed by atoms with van der Waals surface area (Å²) in [4.78, 5) is 0. The van der Waals surface area contributed by atoms with Gasteiger partial charge in [0.15, 0.2) is 5.82 Å². The minimum Gasteiger partial charge on any atom is -0.496 e. The Morgan fingerprint density at radius 2 is 2.05 bits per heavy atom. The molecule has 21 heavy (non-hydrogen) atoms. The van der Waals surface area contributed by atoms with Gasteiger partial charge in [-0.05, 0) is 18.2 Å². The van der Waals surface area contributed by atoms with Gasteiger partial charge in [0.1, 0.15) is 5.75 Å². The minimum atomic E-state index is 0.566. The molecule has 5 nitrogen and oxygen atoms in total. The zero-order chi connectivity index (χ0) is 14.7. The van der Waals surface area contributed by atoms with E-state index in [0.29, 0.717) is 12.2 Å². The van der Waals surface area contributed by atoms with Gasteiger partial charge in [0.05, 0.1) is 13.3 Å². The number of hydrogen-bond acceptors (Lipinski definition) is 5. The predicted molar refractivity (Wildman–Crippen MR) is 84.3 cm³/mol. The van der Waals surface area contributed by atoms with Crippen molar-refractivity contribution in [3.05, 3.63) is 54.2 Å². The van der Waals surface area contributed by atoms with E-state index in [1.807, 2.05) is 42.5 Å². The van der Waals surface area contributed by atoms with Gasteiger partial charge >= 0.3 is 0 Å². The molecule has 3 N–H and O–H groups in total. The van der Waals surface area contributed by atoms with Gasteiger partial charge in [-0.1, -0.05) is 24.3 Å². The van der Waals surface area contributed by atoms with E-state index in [9.17, 15) is 0 Å². The molecule has 0 fully saturated rings. The summed E-state index contributed by atoms with van der Waals surface area (Å²) < 4.78 is 5.34. The minimum absolute atomic E-state index is 0.566. The molecule has 0 saturated carbocycles. The van der Waals surface area contributed by atoms with E-state index < -0.39 is 0 Å². The zero-order valence-corrected chi connectivity index (χ0v) is 11.7. The summed E-state index contributed by atoms with van der Waals surface area (Å²) >= 11 is 0. The zero-order valence-electron chi connectivity index (χ0n) is 11.7.